The average Bonchev–Trinajstić information content (AvgIpc) is 2.75. The van der Waals surface area contributed by atoms with Crippen LogP contribution in [-0.4, -0.2) is 38.3 Å². The Balaban J connectivity index is 1.52. The van der Waals surface area contributed by atoms with Crippen molar-refractivity contribution in [3.63, 3.8) is 0 Å². The zero-order valence-corrected chi connectivity index (χ0v) is 17.3. The van der Waals surface area contributed by atoms with E-state index in [0.29, 0.717) is 38.2 Å². The van der Waals surface area contributed by atoms with Gasteiger partial charge < -0.3 is 10.1 Å². The molecule has 0 unspecified atom stereocenters. The van der Waals surface area contributed by atoms with Crippen molar-refractivity contribution in [2.75, 3.05) is 25.0 Å². The number of ether oxygens (including phenoxy) is 1. The van der Waals surface area contributed by atoms with Gasteiger partial charge in [-0.15, -0.1) is 0 Å². The van der Waals surface area contributed by atoms with Crippen molar-refractivity contribution < 1.29 is 17.9 Å². The number of benzene rings is 2. The summed E-state index contributed by atoms with van der Waals surface area (Å²) >= 11 is 0. The fraction of sp³-hybridized carbons (Fsp3) is 0.318. The zero-order chi connectivity index (χ0) is 20.7. The molecule has 1 aliphatic heterocycles. The normalized spacial score (nSPS) is 16.0. The van der Waals surface area contributed by atoms with Crippen LogP contribution < -0.4 is 10.1 Å². The van der Waals surface area contributed by atoms with Crippen LogP contribution >= 0.6 is 0 Å². The Kier molecular flexibility index (Phi) is 7.06. The van der Waals surface area contributed by atoms with Crippen LogP contribution in [0, 0.1) is 5.92 Å². The van der Waals surface area contributed by atoms with Gasteiger partial charge in [-0.1, -0.05) is 30.3 Å². The monoisotopic (exact) mass is 414 g/mol. The van der Waals surface area contributed by atoms with Crippen LogP contribution in [0.1, 0.15) is 25.3 Å². The Morgan fingerprint density at radius 3 is 2.38 bits per heavy atom. The molecule has 1 N–H and O–H groups in total. The Morgan fingerprint density at radius 2 is 1.76 bits per heavy atom. The van der Waals surface area contributed by atoms with Gasteiger partial charge in [0.25, 0.3) is 0 Å². The summed E-state index contributed by atoms with van der Waals surface area (Å²) in [5.41, 5.74) is 1.54. The second-order valence-electron chi connectivity index (χ2n) is 6.88. The Labute approximate surface area is 172 Å². The third kappa shape index (κ3) is 5.92. The van der Waals surface area contributed by atoms with Crippen LogP contribution in [0.25, 0.3) is 6.08 Å². The quantitative estimate of drug-likeness (QED) is 0.749. The number of amides is 1. The summed E-state index contributed by atoms with van der Waals surface area (Å²) in [6.07, 6.45) is 2.60. The molecule has 1 amide bonds. The van der Waals surface area contributed by atoms with Crippen LogP contribution in [0.15, 0.2) is 60.0 Å². The number of carbonyl (C=O) groups excluding carboxylic acids is 1. The van der Waals surface area contributed by atoms with Crippen LogP contribution in [0.5, 0.6) is 5.75 Å². The molecule has 154 valence electrons. The second-order valence-corrected chi connectivity index (χ2v) is 8.70. The fourth-order valence-electron chi connectivity index (χ4n) is 3.23. The maximum Gasteiger partial charge on any atom is 0.236 e. The molecule has 0 radical (unpaired) electrons. The fourth-order valence-corrected chi connectivity index (χ4v) is 4.45. The number of anilines is 1. The lowest BCUT2D eigenvalue weighted by Gasteiger charge is -2.29. The topological polar surface area (TPSA) is 75.7 Å². The highest BCUT2D eigenvalue weighted by Gasteiger charge is 2.29. The molecule has 3 rings (SSSR count). The first-order valence-electron chi connectivity index (χ1n) is 9.75. The molecular formula is C22H26N2O4S. The van der Waals surface area contributed by atoms with Crippen molar-refractivity contribution in [2.24, 2.45) is 5.92 Å². The van der Waals surface area contributed by atoms with Crippen molar-refractivity contribution in [1.82, 2.24) is 4.31 Å². The first kappa shape index (κ1) is 21.1. The number of hydrogen-bond donors (Lipinski definition) is 1. The van der Waals surface area contributed by atoms with E-state index < -0.39 is 10.0 Å². The van der Waals surface area contributed by atoms with Crippen molar-refractivity contribution in [3.8, 4) is 5.75 Å². The van der Waals surface area contributed by atoms with Crippen LogP contribution in [0.3, 0.4) is 0 Å². The molecule has 1 aliphatic rings. The molecule has 0 aromatic heterocycles. The smallest absolute Gasteiger partial charge is 0.236 e. The van der Waals surface area contributed by atoms with Gasteiger partial charge in [0.2, 0.25) is 15.9 Å². The summed E-state index contributed by atoms with van der Waals surface area (Å²) in [7, 11) is -3.49. The molecule has 0 saturated carbocycles. The van der Waals surface area contributed by atoms with Crippen molar-refractivity contribution >= 4 is 27.7 Å². The molecule has 1 fully saturated rings. The molecule has 2 aromatic rings. The van der Waals surface area contributed by atoms with Crippen LogP contribution in [-0.2, 0) is 14.8 Å². The highest BCUT2D eigenvalue weighted by Crippen LogP contribution is 2.23. The summed E-state index contributed by atoms with van der Waals surface area (Å²) in [6.45, 7) is 3.18. The van der Waals surface area contributed by atoms with Crippen LogP contribution in [0.4, 0.5) is 5.69 Å². The minimum atomic E-state index is -3.49. The third-order valence-corrected chi connectivity index (χ3v) is 6.41. The van der Waals surface area contributed by atoms with Crippen molar-refractivity contribution in [1.29, 1.82) is 0 Å². The first-order chi connectivity index (χ1) is 14.0. The van der Waals surface area contributed by atoms with Crippen molar-refractivity contribution in [3.05, 3.63) is 65.6 Å². The van der Waals surface area contributed by atoms with Crippen LogP contribution in [0.2, 0.25) is 0 Å². The molecule has 0 spiro atoms. The first-order valence-corrected chi connectivity index (χ1v) is 11.3. The number of hydrogen-bond acceptors (Lipinski definition) is 4. The van der Waals surface area contributed by atoms with Crippen molar-refractivity contribution in [2.45, 2.75) is 19.8 Å². The van der Waals surface area contributed by atoms with Gasteiger partial charge in [-0.3, -0.25) is 4.79 Å². The average molecular weight is 415 g/mol. The predicted octanol–water partition coefficient (Wildman–Crippen LogP) is 3.74. The van der Waals surface area contributed by atoms with Gasteiger partial charge in [0, 0.05) is 30.1 Å². The molecule has 0 aliphatic carbocycles. The van der Waals surface area contributed by atoms with E-state index in [1.807, 2.05) is 49.4 Å². The highest BCUT2D eigenvalue weighted by atomic mass is 32.2. The molecule has 0 atom stereocenters. The number of nitrogens with zero attached hydrogens (tertiary/aromatic N) is 1. The SMILES string of the molecule is CCOc1ccc(NC(=O)C2CCN(S(=O)(=O)/C=C/c3ccccc3)CC2)cc1. The summed E-state index contributed by atoms with van der Waals surface area (Å²) in [5.74, 6) is 0.477. The number of nitrogens with one attached hydrogen (secondary N) is 1. The van der Waals surface area contributed by atoms with Gasteiger partial charge in [-0.2, -0.15) is 4.31 Å². The highest BCUT2D eigenvalue weighted by molar-refractivity contribution is 7.92. The maximum absolute atomic E-state index is 12.5. The van der Waals surface area contributed by atoms with E-state index in [4.69, 9.17) is 4.74 Å². The Hall–Kier alpha value is -2.64. The molecular weight excluding hydrogens is 388 g/mol. The standard InChI is InChI=1S/C22H26N2O4S/c1-2-28-21-10-8-20(9-11-21)23-22(25)19-12-15-24(16-13-19)29(26,27)17-14-18-6-4-3-5-7-18/h3-11,14,17,19H,2,12-13,15-16H2,1H3,(H,23,25)/b17-14+. The number of sulfonamides is 1. The number of carbonyl (C=O) groups is 1. The van der Waals surface area contributed by atoms with Gasteiger partial charge in [-0.25, -0.2) is 8.42 Å². The minimum absolute atomic E-state index is 0.0777. The Morgan fingerprint density at radius 1 is 1.10 bits per heavy atom. The molecule has 6 nitrogen and oxygen atoms in total. The second kappa shape index (κ2) is 9.71. The number of rotatable bonds is 7. The van der Waals surface area contributed by atoms with E-state index in [2.05, 4.69) is 5.32 Å². The van der Waals surface area contributed by atoms with Gasteiger partial charge in [0.05, 0.1) is 6.61 Å². The summed E-state index contributed by atoms with van der Waals surface area (Å²) < 4.78 is 31.9. The minimum Gasteiger partial charge on any atom is -0.494 e. The zero-order valence-electron chi connectivity index (χ0n) is 16.5. The molecule has 0 bridgehead atoms. The maximum atomic E-state index is 12.5. The van der Waals surface area contributed by atoms with Gasteiger partial charge in [0.15, 0.2) is 0 Å². The van der Waals surface area contributed by atoms with Gasteiger partial charge >= 0.3 is 0 Å². The molecule has 1 heterocycles. The molecule has 1 saturated heterocycles. The lowest BCUT2D eigenvalue weighted by atomic mass is 9.97. The van der Waals surface area contributed by atoms with E-state index in [1.54, 1.807) is 18.2 Å². The Bertz CT molecular complexity index is 933. The lowest BCUT2D eigenvalue weighted by Crippen LogP contribution is -2.40. The van der Waals surface area contributed by atoms with E-state index in [1.165, 1.54) is 9.71 Å². The summed E-state index contributed by atoms with van der Waals surface area (Å²) in [6, 6.07) is 16.5. The molecule has 7 heteroatoms. The predicted molar refractivity (Wildman–Crippen MR) is 115 cm³/mol. The van der Waals surface area contributed by atoms with E-state index in [9.17, 15) is 13.2 Å². The van der Waals surface area contributed by atoms with Gasteiger partial charge in [-0.05, 0) is 55.7 Å². The molecule has 29 heavy (non-hydrogen) atoms. The van der Waals surface area contributed by atoms with Gasteiger partial charge in [0.1, 0.15) is 5.75 Å². The summed E-state index contributed by atoms with van der Waals surface area (Å²) in [5, 5.41) is 4.14. The van der Waals surface area contributed by atoms with E-state index >= 15 is 0 Å². The number of piperidine rings is 1. The largest absolute Gasteiger partial charge is 0.494 e. The molecule has 2 aromatic carbocycles. The third-order valence-electron chi connectivity index (χ3n) is 4.85. The lowest BCUT2D eigenvalue weighted by molar-refractivity contribution is -0.120. The van der Waals surface area contributed by atoms with E-state index in [-0.39, 0.29) is 11.8 Å². The summed E-state index contributed by atoms with van der Waals surface area (Å²) in [4.78, 5) is 12.5. The van der Waals surface area contributed by atoms with E-state index in [0.717, 1.165) is 11.3 Å².